The minimum atomic E-state index is -1.23. The molecule has 1 atom stereocenters. The topological polar surface area (TPSA) is 400 Å². The number of amides is 4. The molecular weight excluding hydrogens is 1340 g/mol. The number of benzene rings is 4. The molecule has 0 radical (unpaired) electrons. The van der Waals surface area contributed by atoms with E-state index in [1.165, 1.54) is 48.5 Å². The second-order valence-corrected chi connectivity index (χ2v) is 24.5. The molecule has 3 aromatic carbocycles. The largest absolute Gasteiger partial charge is 0.508 e. The first-order valence-electron chi connectivity index (χ1n) is 35.0. The summed E-state index contributed by atoms with van der Waals surface area (Å²) >= 11 is 5.47. The van der Waals surface area contributed by atoms with Crippen molar-refractivity contribution in [2.24, 2.45) is 0 Å². The number of unbranched alkanes of at least 4 members (excludes halogenated alkanes) is 1. The molecule has 3 heterocycles. The van der Waals surface area contributed by atoms with E-state index in [1.807, 2.05) is 0 Å². The van der Waals surface area contributed by atoms with E-state index < -0.39 is 48.2 Å². The molecule has 0 bridgehead atoms. The zero-order chi connectivity index (χ0) is 72.4. The van der Waals surface area contributed by atoms with Crippen molar-refractivity contribution in [1.29, 1.82) is 0 Å². The van der Waals surface area contributed by atoms with Crippen LogP contribution < -0.4 is 69.2 Å². The summed E-state index contributed by atoms with van der Waals surface area (Å²) in [6, 6.07) is 16.4. The molecule has 2 saturated heterocycles. The number of carbonyl (C=O) groups is 6. The van der Waals surface area contributed by atoms with Crippen LogP contribution in [0, 0.1) is 0 Å². The molecule has 15 N–H and O–H groups in total. The van der Waals surface area contributed by atoms with E-state index in [0.29, 0.717) is 86.8 Å². The van der Waals surface area contributed by atoms with E-state index in [9.17, 15) is 48.9 Å². The van der Waals surface area contributed by atoms with Gasteiger partial charge in [-0.2, -0.15) is 0 Å². The molecule has 7 rings (SSSR count). The number of aliphatic carboxylic acids is 1. The minimum absolute atomic E-state index is 0.0238. The molecule has 4 amide bonds. The van der Waals surface area contributed by atoms with Gasteiger partial charge in [0.25, 0.3) is 17.7 Å². The van der Waals surface area contributed by atoms with E-state index in [1.54, 1.807) is 24.3 Å². The number of ether oxygens (including phenoxy) is 6. The maximum absolute atomic E-state index is 13.6. The molecule has 1 aliphatic carbocycles. The summed E-state index contributed by atoms with van der Waals surface area (Å²) in [5.74, 6) is -4.56. The summed E-state index contributed by atoms with van der Waals surface area (Å²) in [6.07, 6.45) is 0.948. The third kappa shape index (κ3) is 30.6. The van der Waals surface area contributed by atoms with Crippen molar-refractivity contribution >= 4 is 69.6 Å². The number of aromatic hydroxyl groups is 1. The molecule has 1 unspecified atom stereocenters. The highest BCUT2D eigenvalue weighted by Gasteiger charge is 2.24. The molecule has 560 valence electrons. The average molecular weight is 1440 g/mol. The van der Waals surface area contributed by atoms with Gasteiger partial charge in [0.2, 0.25) is 5.91 Å². The molecule has 3 aliphatic heterocycles. The highest BCUT2D eigenvalue weighted by Crippen LogP contribution is 2.42. The Hall–Kier alpha value is -7.90. The summed E-state index contributed by atoms with van der Waals surface area (Å²) in [7, 11) is 0. The number of nitrogens with zero attached hydrogens (tertiary/aromatic N) is 2. The number of fused-ring (bicyclic) bond motifs is 2. The van der Waals surface area contributed by atoms with Crippen molar-refractivity contribution in [3.8, 4) is 28.2 Å². The highest BCUT2D eigenvalue weighted by molar-refractivity contribution is 7.80. The number of anilines is 1. The number of carbonyl (C=O) groups excluding carboxylic acids is 4. The maximum atomic E-state index is 13.6. The van der Waals surface area contributed by atoms with Gasteiger partial charge in [-0.25, -0.2) is 9.59 Å². The maximum Gasteiger partial charge on any atom is 0.336 e. The van der Waals surface area contributed by atoms with Crippen LogP contribution in [0.1, 0.15) is 60.7 Å². The zero-order valence-electron chi connectivity index (χ0n) is 58.0. The lowest BCUT2D eigenvalue weighted by Crippen LogP contribution is -2.42. The second-order valence-electron chi connectivity index (χ2n) is 24.1. The van der Waals surface area contributed by atoms with Crippen molar-refractivity contribution in [1.82, 2.24) is 68.3 Å². The van der Waals surface area contributed by atoms with E-state index in [2.05, 4.69) is 73.6 Å². The van der Waals surface area contributed by atoms with Crippen LogP contribution >= 0.6 is 12.2 Å². The molecule has 4 aliphatic rings. The minimum Gasteiger partial charge on any atom is -0.508 e. The van der Waals surface area contributed by atoms with Crippen molar-refractivity contribution in [3.63, 3.8) is 0 Å². The van der Waals surface area contributed by atoms with Crippen LogP contribution in [0.4, 0.5) is 5.69 Å². The third-order valence-corrected chi connectivity index (χ3v) is 16.6. The number of hydrogen-bond acceptors (Lipinski definition) is 24. The van der Waals surface area contributed by atoms with Crippen molar-refractivity contribution in [3.05, 3.63) is 105 Å². The SMILES string of the molecule is O=C(COCCOCCNC(=O)c1cc(C(=O)NCCOCCOCCN2CCNCCNCCNCC2)cc(C(=O)NCCOCCOCCN2CCNCCNCCNCC2)c1)NC(CCCCNC(=S)Nc1ccc(-c2c3ccc(=O)cc-3oc3cc(O)ccc23)c(C(=O)O)c1)C(=O)O. The molecule has 32 heteroatoms. The van der Waals surface area contributed by atoms with Gasteiger partial charge in [0.1, 0.15) is 29.7 Å². The van der Waals surface area contributed by atoms with Gasteiger partial charge >= 0.3 is 11.9 Å². The fourth-order valence-corrected chi connectivity index (χ4v) is 11.3. The number of aromatic carboxylic acids is 1. The molecular formula is C70H102N14O17S. The fourth-order valence-electron chi connectivity index (χ4n) is 11.0. The number of carboxylic acid groups (broad SMARTS) is 2. The van der Waals surface area contributed by atoms with E-state index in [0.717, 1.165) is 118 Å². The zero-order valence-corrected chi connectivity index (χ0v) is 58.8. The van der Waals surface area contributed by atoms with Crippen LogP contribution in [0.2, 0.25) is 0 Å². The molecule has 0 spiro atoms. The third-order valence-electron chi connectivity index (χ3n) is 16.4. The molecule has 0 saturated carbocycles. The first-order chi connectivity index (χ1) is 49.7. The summed E-state index contributed by atoms with van der Waals surface area (Å²) in [5, 5.41) is 68.6. The van der Waals surface area contributed by atoms with Crippen LogP contribution in [0.5, 0.6) is 5.75 Å². The molecule has 3 aromatic rings. The van der Waals surface area contributed by atoms with Gasteiger partial charge < -0.3 is 112 Å². The van der Waals surface area contributed by atoms with Crippen LogP contribution in [0.15, 0.2) is 82.0 Å². The van der Waals surface area contributed by atoms with Crippen LogP contribution in [0.3, 0.4) is 0 Å². The van der Waals surface area contributed by atoms with Gasteiger partial charge in [-0.1, -0.05) is 6.07 Å². The van der Waals surface area contributed by atoms with Gasteiger partial charge in [-0.15, -0.1) is 0 Å². The van der Waals surface area contributed by atoms with Crippen molar-refractivity contribution < 1.29 is 76.9 Å². The Morgan fingerprint density at radius 3 is 1.47 bits per heavy atom. The summed E-state index contributed by atoms with van der Waals surface area (Å²) < 4.78 is 40.1. The number of nitrogens with one attached hydrogen (secondary N) is 12. The lowest BCUT2D eigenvalue weighted by atomic mass is 9.90. The number of carboxylic acids is 2. The lowest BCUT2D eigenvalue weighted by Gasteiger charge is -2.23. The van der Waals surface area contributed by atoms with Crippen LogP contribution in [-0.2, 0) is 38.0 Å². The van der Waals surface area contributed by atoms with E-state index in [4.69, 9.17) is 45.1 Å². The van der Waals surface area contributed by atoms with Gasteiger partial charge in [-0.05, 0) is 91.6 Å². The molecule has 2 fully saturated rings. The van der Waals surface area contributed by atoms with Crippen molar-refractivity contribution in [2.45, 2.75) is 25.3 Å². The van der Waals surface area contributed by atoms with E-state index in [-0.39, 0.29) is 109 Å². The summed E-state index contributed by atoms with van der Waals surface area (Å²) in [6.45, 7) is 19.6. The Kier molecular flexibility index (Phi) is 37.8. The van der Waals surface area contributed by atoms with Crippen LogP contribution in [0.25, 0.3) is 33.4 Å². The Bertz CT molecular complexity index is 3340. The molecule has 102 heavy (non-hydrogen) atoms. The van der Waals surface area contributed by atoms with E-state index >= 15 is 0 Å². The van der Waals surface area contributed by atoms with Gasteiger partial charge in [0.15, 0.2) is 10.5 Å². The number of hydrogen-bond donors (Lipinski definition) is 15. The predicted molar refractivity (Wildman–Crippen MR) is 389 cm³/mol. The van der Waals surface area contributed by atoms with Gasteiger partial charge in [0.05, 0.1) is 78.2 Å². The first-order valence-corrected chi connectivity index (χ1v) is 35.4. The van der Waals surface area contributed by atoms with Gasteiger partial charge in [-0.3, -0.25) is 33.8 Å². The summed E-state index contributed by atoms with van der Waals surface area (Å²) in [4.78, 5) is 95.1. The van der Waals surface area contributed by atoms with Crippen molar-refractivity contribution in [2.75, 3.05) is 229 Å². The predicted octanol–water partition coefficient (Wildman–Crippen LogP) is 0.153. The number of thiocarbonyl (C=S) groups is 1. The number of phenols is 1. The standard InChI is InChI=1S/C70H102N14O17S/c85-54-5-8-57-61(47-54)101-62-48-55(86)6-9-58(62)64(57)56-7-4-53(46-59(56)68(91)92)81-70(102)80-10-2-1-3-60(69(93)94)82-63(87)49-100-42-41-97-34-25-79-67(90)52-44-50(65(88)77-23-32-95-37-39-98-35-30-83-26-19-73-15-11-71-12-16-74-20-27-83)43-51(45-52)66(89)78-24-33-96-38-40-99-36-31-84-28-21-75-17-13-72-14-18-76-22-29-84/h4-9,43-48,60,71-76,85H,1-3,10-42,49H2,(H,77,88)(H,78,89)(H,79,90)(H,82,87)(H,91,92)(H,93,94)(H2,80,81,102). The number of phenolic OH excluding ortho intramolecular Hbond substituents is 1. The first kappa shape index (κ1) is 81.4. The average Bonchev–Trinajstić information content (AvgIpc) is 0.749. The quantitative estimate of drug-likeness (QED) is 0.0141. The van der Waals surface area contributed by atoms with Gasteiger partial charge in [0, 0.05) is 195 Å². The number of rotatable bonds is 39. The fraction of sp³-hybridized carbons (Fsp3) is 0.543. The Labute approximate surface area is 599 Å². The normalized spacial score (nSPS) is 15.2. The smallest absolute Gasteiger partial charge is 0.336 e. The van der Waals surface area contributed by atoms with Crippen LogP contribution in [-0.4, -0.2) is 295 Å². The second kappa shape index (κ2) is 47.4. The lowest BCUT2D eigenvalue weighted by molar-refractivity contribution is -0.142. The molecule has 0 aromatic heterocycles. The Morgan fingerprint density at radius 1 is 0.510 bits per heavy atom. The summed E-state index contributed by atoms with van der Waals surface area (Å²) in [5.41, 5.74) is 1.79. The highest BCUT2D eigenvalue weighted by atomic mass is 32.1. The Balaban J connectivity index is 0.785. The monoisotopic (exact) mass is 1440 g/mol. The Morgan fingerprint density at radius 2 is 0.980 bits per heavy atom. The molecule has 31 nitrogen and oxygen atoms in total.